The molecule has 0 aliphatic carbocycles. The lowest BCUT2D eigenvalue weighted by atomic mass is 10.3. The van der Waals surface area contributed by atoms with Crippen molar-refractivity contribution >= 4 is 53.1 Å². The number of hydrogen-bond acceptors (Lipinski definition) is 6. The van der Waals surface area contributed by atoms with Gasteiger partial charge >= 0.3 is 0 Å². The summed E-state index contributed by atoms with van der Waals surface area (Å²) in [4.78, 5) is 31.1. The molecule has 3 rings (SSSR count). The molecule has 8 nitrogen and oxygen atoms in total. The van der Waals surface area contributed by atoms with Gasteiger partial charge in [0.05, 0.1) is 0 Å². The van der Waals surface area contributed by atoms with Gasteiger partial charge in [-0.25, -0.2) is 9.97 Å². The van der Waals surface area contributed by atoms with E-state index in [0.717, 1.165) is 44.5 Å². The molecule has 2 N–H and O–H groups in total. The molecule has 0 aromatic carbocycles. The molecule has 10 heteroatoms. The molecule has 1 saturated heterocycles. The van der Waals surface area contributed by atoms with Crippen LogP contribution in [0.2, 0.25) is 0 Å². The van der Waals surface area contributed by atoms with Gasteiger partial charge in [-0.05, 0) is 24.4 Å². The summed E-state index contributed by atoms with van der Waals surface area (Å²) in [6, 6.07) is 6.00. The number of piperazine rings is 1. The Bertz CT molecular complexity index is 765. The number of hydrogen-bond donors (Lipinski definition) is 2. The number of nitrogens with zero attached hydrogens (tertiary/aromatic N) is 5. The molecule has 1 aliphatic heterocycles. The zero-order valence-corrected chi connectivity index (χ0v) is 20.4. The van der Waals surface area contributed by atoms with E-state index in [1.54, 1.807) is 23.7 Å². The summed E-state index contributed by atoms with van der Waals surface area (Å²) >= 11 is 1.75. The van der Waals surface area contributed by atoms with E-state index in [9.17, 15) is 4.79 Å². The van der Waals surface area contributed by atoms with E-state index in [1.165, 1.54) is 4.88 Å². The van der Waals surface area contributed by atoms with E-state index in [-0.39, 0.29) is 29.9 Å². The quantitative estimate of drug-likeness (QED) is 0.301. The molecular weight excluding hydrogens is 513 g/mol. The number of aliphatic imine (C=N–C) groups is 1. The summed E-state index contributed by atoms with van der Waals surface area (Å²) in [7, 11) is 0. The summed E-state index contributed by atoms with van der Waals surface area (Å²) in [5.74, 6) is 1.67. The summed E-state index contributed by atoms with van der Waals surface area (Å²) in [5, 5.41) is 8.59. The molecule has 0 atom stereocenters. The van der Waals surface area contributed by atoms with E-state index in [4.69, 9.17) is 0 Å². The van der Waals surface area contributed by atoms with Crippen molar-refractivity contribution in [2.75, 3.05) is 50.7 Å². The Hall–Kier alpha value is -1.95. The molecule has 0 radical (unpaired) electrons. The van der Waals surface area contributed by atoms with Gasteiger partial charge in [0.1, 0.15) is 0 Å². The Morgan fingerprint density at radius 2 is 1.93 bits per heavy atom. The largest absolute Gasteiger partial charge is 0.357 e. The van der Waals surface area contributed by atoms with Crippen LogP contribution in [0.1, 0.15) is 18.2 Å². The predicted molar refractivity (Wildman–Crippen MR) is 133 cm³/mol. The minimum Gasteiger partial charge on any atom is -0.357 e. The Kier molecular flexibility index (Phi) is 10.8. The first kappa shape index (κ1) is 24.3. The van der Waals surface area contributed by atoms with E-state index in [0.29, 0.717) is 26.1 Å². The fourth-order valence-electron chi connectivity index (χ4n) is 3.13. The third-order valence-electron chi connectivity index (χ3n) is 4.65. The van der Waals surface area contributed by atoms with Gasteiger partial charge < -0.3 is 20.4 Å². The maximum Gasteiger partial charge on any atom is 0.225 e. The van der Waals surface area contributed by atoms with E-state index < -0.39 is 0 Å². The topological polar surface area (TPSA) is 85.8 Å². The van der Waals surface area contributed by atoms with Crippen molar-refractivity contribution in [3.63, 3.8) is 0 Å². The van der Waals surface area contributed by atoms with Crippen molar-refractivity contribution in [1.82, 2.24) is 25.5 Å². The Morgan fingerprint density at radius 1 is 1.17 bits per heavy atom. The van der Waals surface area contributed by atoms with Gasteiger partial charge in [0.25, 0.3) is 0 Å². The molecule has 0 saturated carbocycles. The molecule has 1 fully saturated rings. The average molecular weight is 543 g/mol. The number of guanidine groups is 1. The third-order valence-corrected chi connectivity index (χ3v) is 5.59. The molecule has 0 bridgehead atoms. The van der Waals surface area contributed by atoms with Crippen LogP contribution in [0.25, 0.3) is 0 Å². The summed E-state index contributed by atoms with van der Waals surface area (Å²) in [5.41, 5.74) is 0. The minimum absolute atomic E-state index is 0. The van der Waals surface area contributed by atoms with Crippen molar-refractivity contribution in [1.29, 1.82) is 0 Å². The number of carbonyl (C=O) groups is 1. The van der Waals surface area contributed by atoms with Crippen LogP contribution < -0.4 is 15.5 Å². The second-order valence-electron chi connectivity index (χ2n) is 6.68. The smallest absolute Gasteiger partial charge is 0.225 e. The molecule has 164 valence electrons. The third kappa shape index (κ3) is 7.71. The fraction of sp³-hybridized carbons (Fsp3) is 0.500. The highest BCUT2D eigenvalue weighted by atomic mass is 127. The van der Waals surface area contributed by atoms with Crippen LogP contribution >= 0.6 is 35.3 Å². The van der Waals surface area contributed by atoms with E-state index in [2.05, 4.69) is 48.0 Å². The van der Waals surface area contributed by atoms with Gasteiger partial charge in [-0.1, -0.05) is 6.07 Å². The normalized spacial score (nSPS) is 14.2. The van der Waals surface area contributed by atoms with Gasteiger partial charge in [0, 0.05) is 75.9 Å². The lowest BCUT2D eigenvalue weighted by Crippen LogP contribution is -2.50. The highest BCUT2D eigenvalue weighted by molar-refractivity contribution is 14.0. The fourth-order valence-corrected chi connectivity index (χ4v) is 3.83. The van der Waals surface area contributed by atoms with Crippen molar-refractivity contribution in [3.05, 3.63) is 40.8 Å². The van der Waals surface area contributed by atoms with Crippen LogP contribution in [0.4, 0.5) is 5.95 Å². The first-order valence-corrected chi connectivity index (χ1v) is 11.0. The van der Waals surface area contributed by atoms with Crippen LogP contribution in [0.3, 0.4) is 0 Å². The average Bonchev–Trinajstić information content (AvgIpc) is 3.28. The number of amides is 1. The zero-order chi connectivity index (χ0) is 20.3. The Labute approximate surface area is 199 Å². The van der Waals surface area contributed by atoms with Crippen molar-refractivity contribution < 1.29 is 4.79 Å². The molecule has 30 heavy (non-hydrogen) atoms. The summed E-state index contributed by atoms with van der Waals surface area (Å²) < 4.78 is 0. The number of carbonyl (C=O) groups excluding carboxylic acids is 1. The Balaban J connectivity index is 0.00000320. The van der Waals surface area contributed by atoms with Gasteiger partial charge in [-0.15, -0.1) is 35.3 Å². The molecule has 2 aromatic heterocycles. The molecule has 2 aromatic rings. The highest BCUT2D eigenvalue weighted by Crippen LogP contribution is 2.10. The lowest BCUT2D eigenvalue weighted by Gasteiger charge is -2.34. The maximum atomic E-state index is 12.5. The monoisotopic (exact) mass is 543 g/mol. The van der Waals surface area contributed by atoms with Crippen LogP contribution in [-0.2, 0) is 11.2 Å². The molecule has 1 aliphatic rings. The van der Waals surface area contributed by atoms with Gasteiger partial charge in [0.15, 0.2) is 5.96 Å². The van der Waals surface area contributed by atoms with Crippen molar-refractivity contribution in [3.8, 4) is 0 Å². The molecule has 1 amide bonds. The van der Waals surface area contributed by atoms with E-state index in [1.807, 2.05) is 17.9 Å². The maximum absolute atomic E-state index is 12.5. The molecular formula is C20H30IN7OS. The first-order valence-electron chi connectivity index (χ1n) is 10.1. The number of aromatic nitrogens is 2. The molecule has 0 spiro atoms. The second-order valence-corrected chi connectivity index (χ2v) is 7.72. The summed E-state index contributed by atoms with van der Waals surface area (Å²) in [6.45, 7) is 7.06. The van der Waals surface area contributed by atoms with Crippen LogP contribution in [0, 0.1) is 0 Å². The molecule has 0 unspecified atom stereocenters. The Morgan fingerprint density at radius 3 is 2.60 bits per heavy atom. The molecule has 3 heterocycles. The highest BCUT2D eigenvalue weighted by Gasteiger charge is 2.22. The van der Waals surface area contributed by atoms with Crippen LogP contribution in [0.5, 0.6) is 0 Å². The van der Waals surface area contributed by atoms with Crippen LogP contribution in [0.15, 0.2) is 41.0 Å². The summed E-state index contributed by atoms with van der Waals surface area (Å²) in [6.07, 6.45) is 4.88. The number of anilines is 1. The van der Waals surface area contributed by atoms with E-state index >= 15 is 0 Å². The number of nitrogens with one attached hydrogen (secondary N) is 2. The van der Waals surface area contributed by atoms with Gasteiger partial charge in [-0.3, -0.25) is 9.79 Å². The van der Waals surface area contributed by atoms with Crippen molar-refractivity contribution in [2.24, 2.45) is 4.99 Å². The lowest BCUT2D eigenvalue weighted by molar-refractivity contribution is -0.131. The zero-order valence-electron chi connectivity index (χ0n) is 17.3. The minimum atomic E-state index is 0. The second kappa shape index (κ2) is 13.4. The first-order chi connectivity index (χ1) is 14.3. The van der Waals surface area contributed by atoms with Crippen molar-refractivity contribution in [2.45, 2.75) is 19.8 Å². The number of halogens is 1. The number of thiophene rings is 1. The van der Waals surface area contributed by atoms with Crippen LogP contribution in [-0.4, -0.2) is 72.5 Å². The van der Waals surface area contributed by atoms with Gasteiger partial charge in [0.2, 0.25) is 11.9 Å². The SMILES string of the molecule is CCNC(=NCCc1cccs1)NCCC(=O)N1CCN(c2ncccn2)CC1.I. The standard InChI is InChI=1S/C20H29N7OS.HI/c1-2-21-19(22-10-6-17-5-3-16-29-17)23-11-7-18(28)26-12-14-27(15-13-26)20-24-8-4-9-25-20;/h3-5,8-9,16H,2,6-7,10-15H2,1H3,(H2,21,22,23);1H. The number of rotatable bonds is 8. The van der Waals surface area contributed by atoms with Gasteiger partial charge in [-0.2, -0.15) is 0 Å². The predicted octanol–water partition coefficient (Wildman–Crippen LogP) is 1.99.